The van der Waals surface area contributed by atoms with Gasteiger partial charge in [-0.25, -0.2) is 4.79 Å². The molecular weight excluding hydrogens is 314 g/mol. The number of anilines is 2. The van der Waals surface area contributed by atoms with E-state index in [4.69, 9.17) is 0 Å². The molecule has 25 heavy (non-hydrogen) atoms. The number of carbonyl (C=O) groups excluding carboxylic acids is 2. The molecule has 0 aromatic heterocycles. The number of aryl methyl sites for hydroxylation is 1. The number of hydrogen-bond donors (Lipinski definition) is 2. The Balaban J connectivity index is 1.58. The van der Waals surface area contributed by atoms with Crippen molar-refractivity contribution in [1.82, 2.24) is 5.32 Å². The van der Waals surface area contributed by atoms with Crippen molar-refractivity contribution in [2.75, 3.05) is 16.8 Å². The van der Waals surface area contributed by atoms with Crippen LogP contribution in [0.5, 0.6) is 0 Å². The molecule has 3 rings (SSSR count). The van der Waals surface area contributed by atoms with E-state index in [1.54, 1.807) is 11.8 Å². The number of nitrogens with zero attached hydrogens (tertiary/aromatic N) is 1. The van der Waals surface area contributed by atoms with E-state index >= 15 is 0 Å². The Labute approximate surface area is 148 Å². The minimum atomic E-state index is -0.596. The van der Waals surface area contributed by atoms with Gasteiger partial charge in [-0.1, -0.05) is 37.3 Å². The van der Waals surface area contributed by atoms with Gasteiger partial charge in [-0.15, -0.1) is 0 Å². The number of rotatable bonds is 4. The SMILES string of the molecule is CCc1ccc(NC(=O)NC(C)C(=O)N2CCc3ccccc32)cc1. The van der Waals surface area contributed by atoms with E-state index in [2.05, 4.69) is 17.6 Å². The number of hydrogen-bond acceptors (Lipinski definition) is 2. The summed E-state index contributed by atoms with van der Waals surface area (Å²) >= 11 is 0. The Hall–Kier alpha value is -2.82. The first kappa shape index (κ1) is 17.0. The van der Waals surface area contributed by atoms with Gasteiger partial charge in [-0.05, 0) is 49.1 Å². The highest BCUT2D eigenvalue weighted by molar-refractivity contribution is 6.01. The first-order chi connectivity index (χ1) is 12.1. The van der Waals surface area contributed by atoms with E-state index in [1.165, 1.54) is 11.1 Å². The molecule has 1 atom stereocenters. The number of nitrogens with one attached hydrogen (secondary N) is 2. The summed E-state index contributed by atoms with van der Waals surface area (Å²) in [4.78, 5) is 26.6. The van der Waals surface area contributed by atoms with Crippen LogP contribution in [0, 0.1) is 0 Å². The fourth-order valence-corrected chi connectivity index (χ4v) is 3.05. The van der Waals surface area contributed by atoms with Gasteiger partial charge in [-0.3, -0.25) is 4.79 Å². The van der Waals surface area contributed by atoms with E-state index in [0.717, 1.165) is 18.5 Å². The highest BCUT2D eigenvalue weighted by Gasteiger charge is 2.28. The van der Waals surface area contributed by atoms with Crippen LogP contribution in [0.1, 0.15) is 25.0 Å². The van der Waals surface area contributed by atoms with Gasteiger partial charge in [0.2, 0.25) is 5.91 Å². The highest BCUT2D eigenvalue weighted by atomic mass is 16.2. The zero-order valence-electron chi connectivity index (χ0n) is 14.6. The van der Waals surface area contributed by atoms with Gasteiger partial charge < -0.3 is 15.5 Å². The van der Waals surface area contributed by atoms with Gasteiger partial charge in [-0.2, -0.15) is 0 Å². The van der Waals surface area contributed by atoms with Crippen molar-refractivity contribution in [3.05, 3.63) is 59.7 Å². The van der Waals surface area contributed by atoms with Gasteiger partial charge in [0.15, 0.2) is 0 Å². The number of amides is 3. The second-order valence-corrected chi connectivity index (χ2v) is 6.24. The minimum absolute atomic E-state index is 0.0959. The summed E-state index contributed by atoms with van der Waals surface area (Å²) in [5.41, 5.74) is 4.03. The number of urea groups is 1. The van der Waals surface area contributed by atoms with Crippen LogP contribution < -0.4 is 15.5 Å². The van der Waals surface area contributed by atoms with Crippen molar-refractivity contribution in [1.29, 1.82) is 0 Å². The number of para-hydroxylation sites is 1. The molecule has 3 amide bonds. The molecule has 0 saturated carbocycles. The average Bonchev–Trinajstić information content (AvgIpc) is 3.05. The maximum atomic E-state index is 12.7. The Bertz CT molecular complexity index is 771. The van der Waals surface area contributed by atoms with Crippen LogP contribution in [0.3, 0.4) is 0 Å². The molecule has 0 spiro atoms. The van der Waals surface area contributed by atoms with E-state index in [1.807, 2.05) is 48.5 Å². The Morgan fingerprint density at radius 2 is 1.84 bits per heavy atom. The molecular formula is C20H23N3O2. The van der Waals surface area contributed by atoms with Crippen LogP contribution in [0.15, 0.2) is 48.5 Å². The van der Waals surface area contributed by atoms with Gasteiger partial charge in [0.25, 0.3) is 0 Å². The van der Waals surface area contributed by atoms with Crippen molar-refractivity contribution in [3.8, 4) is 0 Å². The molecule has 1 aliphatic heterocycles. The highest BCUT2D eigenvalue weighted by Crippen LogP contribution is 2.27. The van der Waals surface area contributed by atoms with Crippen molar-refractivity contribution < 1.29 is 9.59 Å². The monoisotopic (exact) mass is 337 g/mol. The molecule has 1 heterocycles. The maximum absolute atomic E-state index is 12.7. The predicted octanol–water partition coefficient (Wildman–Crippen LogP) is 3.35. The molecule has 1 unspecified atom stereocenters. The van der Waals surface area contributed by atoms with Crippen LogP contribution in [0.2, 0.25) is 0 Å². The van der Waals surface area contributed by atoms with Crippen LogP contribution in [0.4, 0.5) is 16.2 Å². The van der Waals surface area contributed by atoms with Crippen LogP contribution >= 0.6 is 0 Å². The lowest BCUT2D eigenvalue weighted by Crippen LogP contribution is -2.47. The molecule has 0 aliphatic carbocycles. The second-order valence-electron chi connectivity index (χ2n) is 6.24. The third kappa shape index (κ3) is 3.82. The zero-order chi connectivity index (χ0) is 17.8. The summed E-state index contributed by atoms with van der Waals surface area (Å²) in [6.07, 6.45) is 1.81. The zero-order valence-corrected chi connectivity index (χ0v) is 14.6. The molecule has 0 fully saturated rings. The van der Waals surface area contributed by atoms with Gasteiger partial charge in [0, 0.05) is 17.9 Å². The average molecular weight is 337 g/mol. The molecule has 0 saturated heterocycles. The lowest BCUT2D eigenvalue weighted by Gasteiger charge is -2.22. The molecule has 1 aliphatic rings. The Kier molecular flexibility index (Phi) is 5.03. The van der Waals surface area contributed by atoms with E-state index in [9.17, 15) is 9.59 Å². The van der Waals surface area contributed by atoms with Crippen molar-refractivity contribution in [3.63, 3.8) is 0 Å². The minimum Gasteiger partial charge on any atom is -0.326 e. The van der Waals surface area contributed by atoms with E-state index < -0.39 is 6.04 Å². The number of fused-ring (bicyclic) bond motifs is 1. The van der Waals surface area contributed by atoms with Gasteiger partial charge >= 0.3 is 6.03 Å². The van der Waals surface area contributed by atoms with E-state index in [-0.39, 0.29) is 11.9 Å². The second kappa shape index (κ2) is 7.38. The van der Waals surface area contributed by atoms with E-state index in [0.29, 0.717) is 12.2 Å². The normalized spacial score (nSPS) is 13.9. The summed E-state index contributed by atoms with van der Waals surface area (Å²) in [7, 11) is 0. The summed E-state index contributed by atoms with van der Waals surface area (Å²) in [5, 5.41) is 5.49. The Morgan fingerprint density at radius 3 is 2.56 bits per heavy atom. The van der Waals surface area contributed by atoms with Crippen molar-refractivity contribution in [2.45, 2.75) is 32.7 Å². The number of carbonyl (C=O) groups is 2. The molecule has 5 heteroatoms. The standard InChI is InChI=1S/C20H23N3O2/c1-3-15-8-10-17(11-9-15)22-20(25)21-14(2)19(24)23-13-12-16-6-4-5-7-18(16)23/h4-11,14H,3,12-13H2,1-2H3,(H2,21,22,25). The maximum Gasteiger partial charge on any atom is 0.319 e. The molecule has 2 aromatic carbocycles. The predicted molar refractivity (Wildman–Crippen MR) is 99.9 cm³/mol. The smallest absolute Gasteiger partial charge is 0.319 e. The first-order valence-electron chi connectivity index (χ1n) is 8.64. The largest absolute Gasteiger partial charge is 0.326 e. The van der Waals surface area contributed by atoms with Crippen LogP contribution in [-0.4, -0.2) is 24.5 Å². The topological polar surface area (TPSA) is 61.4 Å². The summed E-state index contributed by atoms with van der Waals surface area (Å²) < 4.78 is 0. The molecule has 5 nitrogen and oxygen atoms in total. The fourth-order valence-electron chi connectivity index (χ4n) is 3.05. The lowest BCUT2D eigenvalue weighted by atomic mass is 10.1. The quantitative estimate of drug-likeness (QED) is 0.899. The molecule has 130 valence electrons. The van der Waals surface area contributed by atoms with Crippen LogP contribution in [0.25, 0.3) is 0 Å². The van der Waals surface area contributed by atoms with Crippen molar-refractivity contribution in [2.24, 2.45) is 0 Å². The third-order valence-corrected chi connectivity index (χ3v) is 4.49. The molecule has 2 aromatic rings. The van der Waals surface area contributed by atoms with Gasteiger partial charge in [0.1, 0.15) is 6.04 Å². The summed E-state index contributed by atoms with van der Waals surface area (Å²) in [6.45, 7) is 4.45. The molecule has 0 radical (unpaired) electrons. The molecule has 2 N–H and O–H groups in total. The van der Waals surface area contributed by atoms with Crippen LogP contribution in [-0.2, 0) is 17.6 Å². The Morgan fingerprint density at radius 1 is 1.12 bits per heavy atom. The summed E-state index contributed by atoms with van der Waals surface area (Å²) in [5.74, 6) is -0.0959. The fraction of sp³-hybridized carbons (Fsp3) is 0.300. The number of benzene rings is 2. The lowest BCUT2D eigenvalue weighted by molar-refractivity contribution is -0.119. The summed E-state index contributed by atoms with van der Waals surface area (Å²) in [6, 6.07) is 14.6. The van der Waals surface area contributed by atoms with Gasteiger partial charge in [0.05, 0.1) is 0 Å². The molecule has 0 bridgehead atoms. The van der Waals surface area contributed by atoms with Crippen molar-refractivity contribution >= 4 is 23.3 Å². The first-order valence-corrected chi connectivity index (χ1v) is 8.64. The third-order valence-electron chi connectivity index (χ3n) is 4.49.